The number of likely N-dealkylation sites (N-methyl/N-ethyl adjacent to an activating group) is 1. The van der Waals surface area contributed by atoms with E-state index in [1.165, 1.54) is 0 Å². The zero-order valence-electron chi connectivity index (χ0n) is 9.65. The van der Waals surface area contributed by atoms with E-state index in [4.69, 9.17) is 4.74 Å². The van der Waals surface area contributed by atoms with Crippen LogP contribution in [-0.2, 0) is 10.4 Å². The van der Waals surface area contributed by atoms with Gasteiger partial charge in [-0.2, -0.15) is 0 Å². The lowest BCUT2D eigenvalue weighted by molar-refractivity contribution is -0.121. The molecule has 0 fully saturated rings. The average molecular weight is 221 g/mol. The molecule has 1 heterocycles. The molecule has 86 valence electrons. The molecule has 1 aliphatic heterocycles. The standard InChI is InChI=1S/C12H15NO3/c1-12(2,15)8-4-5-10-9(6-8)13(3)11(14)7-16-10/h4-6,15H,7H2,1-3H3. The van der Waals surface area contributed by atoms with Crippen LogP contribution < -0.4 is 9.64 Å². The molecule has 1 aromatic rings. The number of carbonyl (C=O) groups is 1. The van der Waals surface area contributed by atoms with Crippen LogP contribution >= 0.6 is 0 Å². The lowest BCUT2D eigenvalue weighted by atomic mass is 9.97. The van der Waals surface area contributed by atoms with Crippen molar-refractivity contribution in [3.63, 3.8) is 0 Å². The molecule has 0 aromatic heterocycles. The number of ether oxygens (including phenoxy) is 1. The van der Waals surface area contributed by atoms with Crippen molar-refractivity contribution in [2.75, 3.05) is 18.6 Å². The first-order valence-corrected chi connectivity index (χ1v) is 5.16. The Bertz CT molecular complexity index is 434. The quantitative estimate of drug-likeness (QED) is 0.777. The van der Waals surface area contributed by atoms with Crippen LogP contribution in [0.5, 0.6) is 5.75 Å². The molecule has 0 aliphatic carbocycles. The topological polar surface area (TPSA) is 49.8 Å². The highest BCUT2D eigenvalue weighted by atomic mass is 16.5. The van der Waals surface area contributed by atoms with Gasteiger partial charge in [-0.15, -0.1) is 0 Å². The summed E-state index contributed by atoms with van der Waals surface area (Å²) in [5, 5.41) is 9.90. The molecule has 0 unspecified atom stereocenters. The number of hydrogen-bond acceptors (Lipinski definition) is 3. The van der Waals surface area contributed by atoms with Gasteiger partial charge in [0.05, 0.1) is 11.3 Å². The Morgan fingerprint density at radius 3 is 2.75 bits per heavy atom. The Morgan fingerprint density at radius 2 is 2.12 bits per heavy atom. The summed E-state index contributed by atoms with van der Waals surface area (Å²) in [4.78, 5) is 13.0. The second kappa shape index (κ2) is 3.49. The summed E-state index contributed by atoms with van der Waals surface area (Å²) >= 11 is 0. The smallest absolute Gasteiger partial charge is 0.264 e. The SMILES string of the molecule is CN1C(=O)COc2ccc(C(C)(C)O)cc21. The number of aliphatic hydroxyl groups is 1. The van der Waals surface area contributed by atoms with Crippen LogP contribution in [-0.4, -0.2) is 24.7 Å². The molecule has 1 aliphatic rings. The molecule has 0 saturated carbocycles. The van der Waals surface area contributed by atoms with Gasteiger partial charge < -0.3 is 14.7 Å². The third kappa shape index (κ3) is 1.76. The number of carbonyl (C=O) groups excluding carboxylic acids is 1. The van der Waals surface area contributed by atoms with Crippen LogP contribution in [0.25, 0.3) is 0 Å². The first-order valence-electron chi connectivity index (χ1n) is 5.16. The Balaban J connectivity index is 2.48. The molecule has 16 heavy (non-hydrogen) atoms. The summed E-state index contributed by atoms with van der Waals surface area (Å²) < 4.78 is 5.30. The lowest BCUT2D eigenvalue weighted by Crippen LogP contribution is -2.35. The monoisotopic (exact) mass is 221 g/mol. The summed E-state index contributed by atoms with van der Waals surface area (Å²) in [5.41, 5.74) is 0.545. The fourth-order valence-electron chi connectivity index (χ4n) is 1.65. The van der Waals surface area contributed by atoms with Crippen molar-refractivity contribution in [1.82, 2.24) is 0 Å². The van der Waals surface area contributed by atoms with Gasteiger partial charge >= 0.3 is 0 Å². The normalized spacial score (nSPS) is 15.8. The Labute approximate surface area is 94.4 Å². The molecular formula is C12H15NO3. The van der Waals surface area contributed by atoms with Gasteiger partial charge in [0.15, 0.2) is 6.61 Å². The van der Waals surface area contributed by atoms with Crippen LogP contribution in [0, 0.1) is 0 Å². The molecule has 1 aromatic carbocycles. The molecule has 0 bridgehead atoms. The van der Waals surface area contributed by atoms with E-state index in [-0.39, 0.29) is 12.5 Å². The number of fused-ring (bicyclic) bond motifs is 1. The van der Waals surface area contributed by atoms with Crippen molar-refractivity contribution < 1.29 is 14.6 Å². The van der Waals surface area contributed by atoms with E-state index in [1.807, 2.05) is 6.07 Å². The lowest BCUT2D eigenvalue weighted by Gasteiger charge is -2.28. The van der Waals surface area contributed by atoms with Crippen molar-refractivity contribution in [1.29, 1.82) is 0 Å². The van der Waals surface area contributed by atoms with Crippen molar-refractivity contribution in [3.8, 4) is 5.75 Å². The maximum Gasteiger partial charge on any atom is 0.264 e. The molecule has 0 saturated heterocycles. The first-order chi connectivity index (χ1) is 7.39. The fourth-order valence-corrected chi connectivity index (χ4v) is 1.65. The number of anilines is 1. The Morgan fingerprint density at radius 1 is 1.44 bits per heavy atom. The van der Waals surface area contributed by atoms with E-state index in [2.05, 4.69) is 0 Å². The molecule has 0 radical (unpaired) electrons. The predicted molar refractivity (Wildman–Crippen MR) is 60.6 cm³/mol. The van der Waals surface area contributed by atoms with E-state index in [0.717, 1.165) is 5.56 Å². The minimum absolute atomic E-state index is 0.0748. The second-order valence-electron chi connectivity index (χ2n) is 4.48. The molecule has 2 rings (SSSR count). The number of benzene rings is 1. The van der Waals surface area contributed by atoms with Gasteiger partial charge in [0.2, 0.25) is 0 Å². The van der Waals surface area contributed by atoms with Gasteiger partial charge in [0, 0.05) is 7.05 Å². The predicted octanol–water partition coefficient (Wildman–Crippen LogP) is 1.27. The van der Waals surface area contributed by atoms with Crippen LogP contribution in [0.2, 0.25) is 0 Å². The molecule has 4 heteroatoms. The molecule has 1 amide bonds. The van der Waals surface area contributed by atoms with Gasteiger partial charge in [-0.05, 0) is 31.5 Å². The van der Waals surface area contributed by atoms with Crippen molar-refractivity contribution in [3.05, 3.63) is 23.8 Å². The van der Waals surface area contributed by atoms with Crippen LogP contribution in [0.3, 0.4) is 0 Å². The largest absolute Gasteiger partial charge is 0.482 e. The van der Waals surface area contributed by atoms with Gasteiger partial charge in [0.25, 0.3) is 5.91 Å². The highest BCUT2D eigenvalue weighted by Gasteiger charge is 2.25. The van der Waals surface area contributed by atoms with E-state index in [1.54, 1.807) is 37.9 Å². The van der Waals surface area contributed by atoms with Gasteiger partial charge in [-0.1, -0.05) is 6.07 Å². The molecular weight excluding hydrogens is 206 g/mol. The summed E-state index contributed by atoms with van der Waals surface area (Å²) in [5.74, 6) is 0.593. The van der Waals surface area contributed by atoms with Crippen LogP contribution in [0.1, 0.15) is 19.4 Å². The van der Waals surface area contributed by atoms with Crippen molar-refractivity contribution >= 4 is 11.6 Å². The van der Waals surface area contributed by atoms with Crippen molar-refractivity contribution in [2.45, 2.75) is 19.4 Å². The van der Waals surface area contributed by atoms with Crippen LogP contribution in [0.15, 0.2) is 18.2 Å². The van der Waals surface area contributed by atoms with E-state index >= 15 is 0 Å². The van der Waals surface area contributed by atoms with E-state index in [9.17, 15) is 9.90 Å². The molecule has 0 atom stereocenters. The van der Waals surface area contributed by atoms with Gasteiger partial charge in [-0.25, -0.2) is 0 Å². The maximum absolute atomic E-state index is 11.5. The van der Waals surface area contributed by atoms with Crippen molar-refractivity contribution in [2.24, 2.45) is 0 Å². The average Bonchev–Trinajstić information content (AvgIpc) is 2.22. The van der Waals surface area contributed by atoms with Gasteiger partial charge in [-0.3, -0.25) is 4.79 Å². The third-order valence-corrected chi connectivity index (χ3v) is 2.75. The fraction of sp³-hybridized carbons (Fsp3) is 0.417. The van der Waals surface area contributed by atoms with E-state index < -0.39 is 5.60 Å². The highest BCUT2D eigenvalue weighted by molar-refractivity contribution is 5.97. The first kappa shape index (κ1) is 11.0. The minimum atomic E-state index is -0.920. The molecule has 0 spiro atoms. The molecule has 4 nitrogen and oxygen atoms in total. The van der Waals surface area contributed by atoms with Gasteiger partial charge in [0.1, 0.15) is 5.75 Å². The number of hydrogen-bond donors (Lipinski definition) is 1. The number of rotatable bonds is 1. The molecule has 1 N–H and O–H groups in total. The zero-order valence-corrected chi connectivity index (χ0v) is 9.65. The number of nitrogens with zero attached hydrogens (tertiary/aromatic N) is 1. The highest BCUT2D eigenvalue weighted by Crippen LogP contribution is 2.34. The third-order valence-electron chi connectivity index (χ3n) is 2.75. The second-order valence-corrected chi connectivity index (χ2v) is 4.48. The minimum Gasteiger partial charge on any atom is -0.482 e. The zero-order chi connectivity index (χ0) is 11.9. The summed E-state index contributed by atoms with van der Waals surface area (Å²) in [6.07, 6.45) is 0. The summed E-state index contributed by atoms with van der Waals surface area (Å²) in [7, 11) is 1.71. The Hall–Kier alpha value is -1.55. The van der Waals surface area contributed by atoms with E-state index in [0.29, 0.717) is 11.4 Å². The number of amides is 1. The van der Waals surface area contributed by atoms with Crippen LogP contribution in [0.4, 0.5) is 5.69 Å². The summed E-state index contributed by atoms with van der Waals surface area (Å²) in [6.45, 7) is 3.49. The maximum atomic E-state index is 11.5. The Kier molecular flexibility index (Phi) is 2.39. The summed E-state index contributed by atoms with van der Waals surface area (Å²) in [6, 6.07) is 5.38.